The van der Waals surface area contributed by atoms with Crippen LogP contribution in [0.15, 0.2) is 0 Å². The predicted molar refractivity (Wildman–Crippen MR) is 63.6 cm³/mol. The van der Waals surface area contributed by atoms with Gasteiger partial charge in [-0.1, -0.05) is 6.92 Å². The third-order valence-corrected chi connectivity index (χ3v) is 3.20. The fourth-order valence-corrected chi connectivity index (χ4v) is 2.37. The summed E-state index contributed by atoms with van der Waals surface area (Å²) in [5, 5.41) is 12.8. The monoisotopic (exact) mass is 231 g/mol. The number of hydrogen-bond donors (Lipinski definition) is 2. The first kappa shape index (κ1) is 13.9. The highest BCUT2D eigenvalue weighted by Gasteiger charge is 2.38. The van der Waals surface area contributed by atoms with E-state index in [0.29, 0.717) is 13.2 Å². The summed E-state index contributed by atoms with van der Waals surface area (Å²) in [6.07, 6.45) is 3.20. The highest BCUT2D eigenvalue weighted by atomic mass is 16.5. The lowest BCUT2D eigenvalue weighted by atomic mass is 9.99. The molecule has 1 aliphatic rings. The fraction of sp³-hybridized carbons (Fsp3) is 1.00. The number of likely N-dealkylation sites (N-methyl/N-ethyl adjacent to an activating group) is 1. The molecule has 2 atom stereocenters. The standard InChI is InChI=1S/C12H25NO3/c1-3-13-12(10-14)6-5-11(9-12)16-8-7-15-4-2/h11,13-14H,3-10H2,1-2H3. The Morgan fingerprint density at radius 2 is 2.19 bits per heavy atom. The van der Waals surface area contributed by atoms with Crippen molar-refractivity contribution in [3.8, 4) is 0 Å². The van der Waals surface area contributed by atoms with Crippen LogP contribution in [0.5, 0.6) is 0 Å². The van der Waals surface area contributed by atoms with Gasteiger partial charge in [-0.25, -0.2) is 0 Å². The number of aliphatic hydroxyl groups excluding tert-OH is 1. The van der Waals surface area contributed by atoms with Gasteiger partial charge in [0.1, 0.15) is 0 Å². The number of hydrogen-bond acceptors (Lipinski definition) is 4. The summed E-state index contributed by atoms with van der Waals surface area (Å²) in [4.78, 5) is 0. The van der Waals surface area contributed by atoms with E-state index >= 15 is 0 Å². The van der Waals surface area contributed by atoms with E-state index in [0.717, 1.165) is 32.4 Å². The van der Waals surface area contributed by atoms with Crippen molar-refractivity contribution in [3.05, 3.63) is 0 Å². The molecule has 0 aromatic heterocycles. The number of aliphatic hydroxyl groups is 1. The lowest BCUT2D eigenvalue weighted by molar-refractivity contribution is 0.00534. The Hall–Kier alpha value is -0.160. The molecule has 4 heteroatoms. The van der Waals surface area contributed by atoms with Gasteiger partial charge in [0, 0.05) is 12.1 Å². The molecule has 0 heterocycles. The molecule has 0 spiro atoms. The highest BCUT2D eigenvalue weighted by molar-refractivity contribution is 4.96. The van der Waals surface area contributed by atoms with Gasteiger partial charge in [0.05, 0.1) is 25.9 Å². The lowest BCUT2D eigenvalue weighted by Crippen LogP contribution is -2.46. The zero-order valence-electron chi connectivity index (χ0n) is 10.5. The normalized spacial score (nSPS) is 29.8. The third-order valence-electron chi connectivity index (χ3n) is 3.20. The second kappa shape index (κ2) is 7.22. The molecule has 96 valence electrons. The lowest BCUT2D eigenvalue weighted by Gasteiger charge is -2.27. The van der Waals surface area contributed by atoms with Crippen LogP contribution in [0.1, 0.15) is 33.1 Å². The van der Waals surface area contributed by atoms with E-state index in [-0.39, 0.29) is 18.2 Å². The molecule has 0 bridgehead atoms. The number of ether oxygens (including phenoxy) is 2. The minimum absolute atomic E-state index is 0.106. The van der Waals surface area contributed by atoms with Crippen molar-refractivity contribution < 1.29 is 14.6 Å². The molecule has 0 aliphatic heterocycles. The molecular weight excluding hydrogens is 206 g/mol. The summed E-state index contributed by atoms with van der Waals surface area (Å²) < 4.78 is 11.0. The maximum atomic E-state index is 9.43. The Bertz CT molecular complexity index is 189. The van der Waals surface area contributed by atoms with E-state index in [1.54, 1.807) is 0 Å². The molecule has 0 aromatic rings. The Balaban J connectivity index is 2.22. The van der Waals surface area contributed by atoms with Crippen molar-refractivity contribution in [2.75, 3.05) is 33.0 Å². The van der Waals surface area contributed by atoms with Crippen LogP contribution in [0, 0.1) is 0 Å². The van der Waals surface area contributed by atoms with Crippen LogP contribution in [-0.4, -0.2) is 49.7 Å². The second-order valence-electron chi connectivity index (χ2n) is 4.40. The molecule has 1 saturated carbocycles. The van der Waals surface area contributed by atoms with Gasteiger partial charge in [-0.3, -0.25) is 0 Å². The fourth-order valence-electron chi connectivity index (χ4n) is 2.37. The molecule has 0 radical (unpaired) electrons. The average molecular weight is 231 g/mol. The summed E-state index contributed by atoms with van der Waals surface area (Å²) >= 11 is 0. The van der Waals surface area contributed by atoms with Crippen molar-refractivity contribution in [2.24, 2.45) is 0 Å². The zero-order valence-corrected chi connectivity index (χ0v) is 10.5. The molecule has 2 N–H and O–H groups in total. The molecule has 2 unspecified atom stereocenters. The van der Waals surface area contributed by atoms with Crippen molar-refractivity contribution in [3.63, 3.8) is 0 Å². The Morgan fingerprint density at radius 3 is 2.81 bits per heavy atom. The van der Waals surface area contributed by atoms with Crippen LogP contribution in [0.4, 0.5) is 0 Å². The molecule has 0 saturated heterocycles. The third kappa shape index (κ3) is 4.01. The maximum Gasteiger partial charge on any atom is 0.0704 e. The van der Waals surface area contributed by atoms with Crippen molar-refractivity contribution in [1.82, 2.24) is 5.32 Å². The van der Waals surface area contributed by atoms with Crippen LogP contribution in [0.2, 0.25) is 0 Å². The summed E-state index contributed by atoms with van der Waals surface area (Å²) in [5.74, 6) is 0. The van der Waals surface area contributed by atoms with Crippen molar-refractivity contribution in [1.29, 1.82) is 0 Å². The first-order valence-corrected chi connectivity index (χ1v) is 6.31. The average Bonchev–Trinajstić information content (AvgIpc) is 2.70. The van der Waals surface area contributed by atoms with Gasteiger partial charge in [-0.05, 0) is 32.7 Å². The first-order valence-electron chi connectivity index (χ1n) is 6.31. The van der Waals surface area contributed by atoms with Gasteiger partial charge >= 0.3 is 0 Å². The van der Waals surface area contributed by atoms with Crippen LogP contribution in [0.25, 0.3) is 0 Å². The van der Waals surface area contributed by atoms with Gasteiger partial charge in [0.2, 0.25) is 0 Å². The summed E-state index contributed by atoms with van der Waals surface area (Å²) in [6, 6.07) is 0. The number of rotatable bonds is 8. The minimum Gasteiger partial charge on any atom is -0.394 e. The largest absolute Gasteiger partial charge is 0.394 e. The summed E-state index contributed by atoms with van der Waals surface area (Å²) in [6.45, 7) is 7.22. The van der Waals surface area contributed by atoms with Gasteiger partial charge in [-0.2, -0.15) is 0 Å². The van der Waals surface area contributed by atoms with E-state index in [1.165, 1.54) is 0 Å². The van der Waals surface area contributed by atoms with E-state index < -0.39 is 0 Å². The molecule has 4 nitrogen and oxygen atoms in total. The topological polar surface area (TPSA) is 50.7 Å². The smallest absolute Gasteiger partial charge is 0.0704 e. The molecule has 0 amide bonds. The minimum atomic E-state index is -0.106. The van der Waals surface area contributed by atoms with Gasteiger partial charge in [0.15, 0.2) is 0 Å². The molecule has 16 heavy (non-hydrogen) atoms. The van der Waals surface area contributed by atoms with Crippen LogP contribution in [0.3, 0.4) is 0 Å². The predicted octanol–water partition coefficient (Wildman–Crippen LogP) is 0.933. The van der Waals surface area contributed by atoms with E-state index in [1.807, 2.05) is 6.92 Å². The zero-order chi connectivity index (χ0) is 11.9. The highest BCUT2D eigenvalue weighted by Crippen LogP contribution is 2.31. The molecular formula is C12H25NO3. The van der Waals surface area contributed by atoms with Crippen molar-refractivity contribution >= 4 is 0 Å². The number of nitrogens with one attached hydrogen (secondary N) is 1. The van der Waals surface area contributed by atoms with E-state index in [9.17, 15) is 5.11 Å². The second-order valence-corrected chi connectivity index (χ2v) is 4.40. The summed E-state index contributed by atoms with van der Waals surface area (Å²) in [7, 11) is 0. The Kier molecular flexibility index (Phi) is 6.28. The van der Waals surface area contributed by atoms with Gasteiger partial charge < -0.3 is 19.9 Å². The quantitative estimate of drug-likeness (QED) is 0.610. The molecule has 1 aliphatic carbocycles. The Morgan fingerprint density at radius 1 is 1.38 bits per heavy atom. The van der Waals surface area contributed by atoms with E-state index in [4.69, 9.17) is 9.47 Å². The van der Waals surface area contributed by atoms with Gasteiger partial charge in [-0.15, -0.1) is 0 Å². The maximum absolute atomic E-state index is 9.43. The SMILES string of the molecule is CCNC1(CO)CCC(OCCOCC)C1. The van der Waals surface area contributed by atoms with Gasteiger partial charge in [0.25, 0.3) is 0 Å². The molecule has 1 fully saturated rings. The molecule has 1 rings (SSSR count). The summed E-state index contributed by atoms with van der Waals surface area (Å²) in [5.41, 5.74) is -0.106. The van der Waals surface area contributed by atoms with E-state index in [2.05, 4.69) is 12.2 Å². The van der Waals surface area contributed by atoms with Crippen LogP contribution >= 0.6 is 0 Å². The van der Waals surface area contributed by atoms with Crippen molar-refractivity contribution in [2.45, 2.75) is 44.8 Å². The Labute approximate surface area is 98.3 Å². The first-order chi connectivity index (χ1) is 7.76. The molecule has 0 aromatic carbocycles. The van der Waals surface area contributed by atoms with Crippen LogP contribution < -0.4 is 5.32 Å². The van der Waals surface area contributed by atoms with Crippen LogP contribution in [-0.2, 0) is 9.47 Å².